The SMILES string of the molecule is COCCCn1ccnc1NC(C)CCN(C)C. The smallest absolute Gasteiger partial charge is 0.202 e. The van der Waals surface area contributed by atoms with Crippen LogP contribution < -0.4 is 5.32 Å². The van der Waals surface area contributed by atoms with Crippen LogP contribution in [0.1, 0.15) is 19.8 Å². The maximum Gasteiger partial charge on any atom is 0.202 e. The number of methoxy groups -OCH3 is 1. The Morgan fingerprint density at radius 3 is 2.94 bits per heavy atom. The summed E-state index contributed by atoms with van der Waals surface area (Å²) >= 11 is 0. The van der Waals surface area contributed by atoms with Crippen LogP contribution in [0.2, 0.25) is 0 Å². The zero-order chi connectivity index (χ0) is 13.4. The number of aromatic nitrogens is 2. The number of aryl methyl sites for hydroxylation is 1. The Balaban J connectivity index is 2.38. The van der Waals surface area contributed by atoms with E-state index in [0.29, 0.717) is 6.04 Å². The van der Waals surface area contributed by atoms with Crippen LogP contribution in [0.4, 0.5) is 5.95 Å². The minimum atomic E-state index is 0.427. The molecule has 0 saturated heterocycles. The maximum atomic E-state index is 5.07. The van der Waals surface area contributed by atoms with E-state index in [0.717, 1.165) is 38.5 Å². The second-order valence-corrected chi connectivity index (χ2v) is 4.93. The van der Waals surface area contributed by atoms with Crippen LogP contribution >= 0.6 is 0 Å². The molecule has 0 aliphatic heterocycles. The Morgan fingerprint density at radius 2 is 2.28 bits per heavy atom. The van der Waals surface area contributed by atoms with Crippen molar-refractivity contribution < 1.29 is 4.74 Å². The molecule has 0 radical (unpaired) electrons. The van der Waals surface area contributed by atoms with E-state index in [9.17, 15) is 0 Å². The van der Waals surface area contributed by atoms with Crippen LogP contribution in [-0.2, 0) is 11.3 Å². The van der Waals surface area contributed by atoms with Crippen molar-refractivity contribution in [3.8, 4) is 0 Å². The third-order valence-electron chi connectivity index (χ3n) is 2.85. The van der Waals surface area contributed by atoms with Gasteiger partial charge in [-0.05, 0) is 40.4 Å². The summed E-state index contributed by atoms with van der Waals surface area (Å²) in [4.78, 5) is 6.56. The molecule has 1 unspecified atom stereocenters. The zero-order valence-corrected chi connectivity index (χ0v) is 12.0. The van der Waals surface area contributed by atoms with Crippen molar-refractivity contribution >= 4 is 5.95 Å². The number of nitrogens with one attached hydrogen (secondary N) is 1. The highest BCUT2D eigenvalue weighted by molar-refractivity contribution is 5.27. The van der Waals surface area contributed by atoms with Gasteiger partial charge in [-0.25, -0.2) is 4.98 Å². The molecule has 1 heterocycles. The number of hydrogen-bond donors (Lipinski definition) is 1. The van der Waals surface area contributed by atoms with Gasteiger partial charge < -0.3 is 19.5 Å². The molecule has 5 heteroatoms. The number of hydrogen-bond acceptors (Lipinski definition) is 4. The van der Waals surface area contributed by atoms with Crippen LogP contribution in [0.3, 0.4) is 0 Å². The van der Waals surface area contributed by atoms with Gasteiger partial charge in [-0.15, -0.1) is 0 Å². The maximum absolute atomic E-state index is 5.07. The molecular weight excluding hydrogens is 228 g/mol. The lowest BCUT2D eigenvalue weighted by Gasteiger charge is -2.18. The van der Waals surface area contributed by atoms with E-state index in [1.54, 1.807) is 7.11 Å². The summed E-state index contributed by atoms with van der Waals surface area (Å²) in [5, 5.41) is 3.46. The van der Waals surface area contributed by atoms with E-state index in [-0.39, 0.29) is 0 Å². The van der Waals surface area contributed by atoms with Crippen LogP contribution in [-0.4, -0.2) is 54.8 Å². The topological polar surface area (TPSA) is 42.3 Å². The quantitative estimate of drug-likeness (QED) is 0.681. The average Bonchev–Trinajstić information content (AvgIpc) is 2.74. The van der Waals surface area contributed by atoms with Gasteiger partial charge in [0.05, 0.1) is 0 Å². The zero-order valence-electron chi connectivity index (χ0n) is 12.0. The Bertz CT molecular complexity index is 325. The molecule has 0 saturated carbocycles. The van der Waals surface area contributed by atoms with E-state index >= 15 is 0 Å². The predicted molar refractivity (Wildman–Crippen MR) is 75.0 cm³/mol. The molecule has 1 rings (SSSR count). The van der Waals surface area contributed by atoms with Crippen LogP contribution in [0, 0.1) is 0 Å². The molecule has 1 atom stereocenters. The van der Waals surface area contributed by atoms with E-state index in [1.807, 2.05) is 12.4 Å². The lowest BCUT2D eigenvalue weighted by Crippen LogP contribution is -2.24. The van der Waals surface area contributed by atoms with E-state index in [2.05, 4.69) is 40.8 Å². The first-order chi connectivity index (χ1) is 8.63. The van der Waals surface area contributed by atoms with Gasteiger partial charge in [0.2, 0.25) is 5.95 Å². The molecule has 0 spiro atoms. The Hall–Kier alpha value is -1.07. The molecule has 1 aromatic heterocycles. The van der Waals surface area contributed by atoms with Crippen molar-refractivity contribution in [1.82, 2.24) is 14.5 Å². The van der Waals surface area contributed by atoms with Gasteiger partial charge in [0.1, 0.15) is 0 Å². The fourth-order valence-electron chi connectivity index (χ4n) is 1.75. The van der Waals surface area contributed by atoms with Gasteiger partial charge >= 0.3 is 0 Å². The van der Waals surface area contributed by atoms with Crippen molar-refractivity contribution in [2.45, 2.75) is 32.4 Å². The van der Waals surface area contributed by atoms with E-state index in [4.69, 9.17) is 4.74 Å². The van der Waals surface area contributed by atoms with Gasteiger partial charge in [0, 0.05) is 38.7 Å². The molecule has 0 fully saturated rings. The second kappa shape index (κ2) is 8.11. The van der Waals surface area contributed by atoms with Gasteiger partial charge in [-0.2, -0.15) is 0 Å². The average molecular weight is 254 g/mol. The molecule has 18 heavy (non-hydrogen) atoms. The van der Waals surface area contributed by atoms with Crippen molar-refractivity contribution in [2.75, 3.05) is 39.7 Å². The fourth-order valence-corrected chi connectivity index (χ4v) is 1.75. The summed E-state index contributed by atoms with van der Waals surface area (Å²) in [6.07, 6.45) is 5.97. The van der Waals surface area contributed by atoms with Crippen molar-refractivity contribution in [1.29, 1.82) is 0 Å². The summed E-state index contributed by atoms with van der Waals surface area (Å²) < 4.78 is 7.21. The molecule has 0 amide bonds. The van der Waals surface area contributed by atoms with Crippen LogP contribution in [0.25, 0.3) is 0 Å². The highest BCUT2D eigenvalue weighted by Gasteiger charge is 2.07. The fraction of sp³-hybridized carbons (Fsp3) is 0.769. The number of imidazole rings is 1. The van der Waals surface area contributed by atoms with Crippen LogP contribution in [0.15, 0.2) is 12.4 Å². The lowest BCUT2D eigenvalue weighted by molar-refractivity contribution is 0.190. The highest BCUT2D eigenvalue weighted by Crippen LogP contribution is 2.08. The minimum Gasteiger partial charge on any atom is -0.385 e. The Labute approximate surface area is 110 Å². The number of nitrogens with zero attached hydrogens (tertiary/aromatic N) is 3. The lowest BCUT2D eigenvalue weighted by atomic mass is 10.2. The van der Waals surface area contributed by atoms with Gasteiger partial charge in [-0.3, -0.25) is 0 Å². The summed E-state index contributed by atoms with van der Waals surface area (Å²) in [6.45, 7) is 5.00. The van der Waals surface area contributed by atoms with Crippen molar-refractivity contribution in [2.24, 2.45) is 0 Å². The predicted octanol–water partition coefficient (Wildman–Crippen LogP) is 1.67. The molecule has 1 aromatic rings. The first-order valence-corrected chi connectivity index (χ1v) is 6.55. The summed E-state index contributed by atoms with van der Waals surface area (Å²) in [7, 11) is 5.92. The highest BCUT2D eigenvalue weighted by atomic mass is 16.5. The monoisotopic (exact) mass is 254 g/mol. The molecule has 0 aromatic carbocycles. The Kier molecular flexibility index (Phi) is 6.75. The first-order valence-electron chi connectivity index (χ1n) is 6.55. The number of anilines is 1. The molecule has 0 aliphatic rings. The molecule has 5 nitrogen and oxygen atoms in total. The number of rotatable bonds is 9. The van der Waals surface area contributed by atoms with E-state index < -0.39 is 0 Å². The molecule has 0 bridgehead atoms. The summed E-state index contributed by atoms with van der Waals surface area (Å²) in [5.41, 5.74) is 0. The van der Waals surface area contributed by atoms with Gasteiger partial charge in [0.15, 0.2) is 0 Å². The number of ether oxygens (including phenoxy) is 1. The first kappa shape index (κ1) is 15.0. The Morgan fingerprint density at radius 1 is 1.50 bits per heavy atom. The normalized spacial score (nSPS) is 12.9. The third-order valence-corrected chi connectivity index (χ3v) is 2.85. The van der Waals surface area contributed by atoms with Crippen LogP contribution in [0.5, 0.6) is 0 Å². The largest absolute Gasteiger partial charge is 0.385 e. The van der Waals surface area contributed by atoms with Crippen molar-refractivity contribution in [3.05, 3.63) is 12.4 Å². The van der Waals surface area contributed by atoms with E-state index in [1.165, 1.54) is 0 Å². The minimum absolute atomic E-state index is 0.427. The standard InChI is InChI=1S/C13H26N4O/c1-12(6-9-16(2)3)15-13-14-7-10-17(13)8-5-11-18-4/h7,10,12H,5-6,8-9,11H2,1-4H3,(H,14,15). The second-order valence-electron chi connectivity index (χ2n) is 4.93. The molecule has 0 aliphatic carbocycles. The molecular formula is C13H26N4O. The third kappa shape index (κ3) is 5.51. The summed E-state index contributed by atoms with van der Waals surface area (Å²) in [5.74, 6) is 0.956. The molecule has 1 N–H and O–H groups in total. The van der Waals surface area contributed by atoms with Crippen molar-refractivity contribution in [3.63, 3.8) is 0 Å². The molecule has 104 valence electrons. The van der Waals surface area contributed by atoms with Gasteiger partial charge in [-0.1, -0.05) is 0 Å². The van der Waals surface area contributed by atoms with Gasteiger partial charge in [0.25, 0.3) is 0 Å². The summed E-state index contributed by atoms with van der Waals surface area (Å²) in [6, 6.07) is 0.427.